The maximum atomic E-state index is 10.7. The second-order valence-corrected chi connectivity index (χ2v) is 9.47. The van der Waals surface area contributed by atoms with Crippen molar-refractivity contribution in [2.75, 3.05) is 13.1 Å². The van der Waals surface area contributed by atoms with Crippen LogP contribution in [0.4, 0.5) is 0 Å². The molecule has 1 atom stereocenters. The lowest BCUT2D eigenvalue weighted by Crippen LogP contribution is -2.35. The van der Waals surface area contributed by atoms with Gasteiger partial charge >= 0.3 is 5.97 Å². The van der Waals surface area contributed by atoms with Crippen LogP contribution in [0.5, 0.6) is 0 Å². The molecule has 180 valence electrons. The molecule has 30 heavy (non-hydrogen) atoms. The lowest BCUT2D eigenvalue weighted by molar-refractivity contribution is -0.137. The predicted molar refractivity (Wildman–Crippen MR) is 132 cm³/mol. The molecule has 0 radical (unpaired) electrons. The zero-order valence-corrected chi connectivity index (χ0v) is 20.9. The number of carboxylic acids is 1. The van der Waals surface area contributed by atoms with Gasteiger partial charge in [-0.3, -0.25) is 4.79 Å². The van der Waals surface area contributed by atoms with E-state index in [9.17, 15) is 4.79 Å². The van der Waals surface area contributed by atoms with Gasteiger partial charge in [0, 0.05) is 12.5 Å². The fourth-order valence-corrected chi connectivity index (χ4v) is 4.35. The van der Waals surface area contributed by atoms with Crippen molar-refractivity contribution in [1.82, 2.24) is 4.90 Å². The molecule has 0 aliphatic rings. The third kappa shape index (κ3) is 20.7. The van der Waals surface area contributed by atoms with Crippen LogP contribution < -0.4 is 0 Å². The van der Waals surface area contributed by atoms with E-state index in [-0.39, 0.29) is 0 Å². The molecule has 0 aromatic rings. The second kappa shape index (κ2) is 23.1. The molecule has 0 amide bonds. The van der Waals surface area contributed by atoms with E-state index in [1.54, 1.807) is 0 Å². The van der Waals surface area contributed by atoms with Gasteiger partial charge < -0.3 is 10.0 Å². The summed E-state index contributed by atoms with van der Waals surface area (Å²) >= 11 is 0. The van der Waals surface area contributed by atoms with Gasteiger partial charge in [0.25, 0.3) is 0 Å². The number of nitrogens with zero attached hydrogens (tertiary/aromatic N) is 1. The van der Waals surface area contributed by atoms with Gasteiger partial charge in [-0.1, -0.05) is 110 Å². The average molecular weight is 426 g/mol. The number of carbonyl (C=O) groups is 1. The fourth-order valence-electron chi connectivity index (χ4n) is 4.35. The highest BCUT2D eigenvalue weighted by Crippen LogP contribution is 2.15. The van der Waals surface area contributed by atoms with Crippen molar-refractivity contribution in [3.8, 4) is 0 Å². The van der Waals surface area contributed by atoms with E-state index in [1.807, 2.05) is 0 Å². The van der Waals surface area contributed by atoms with Gasteiger partial charge in [-0.05, 0) is 45.7 Å². The molecular formula is C27H55NO2. The van der Waals surface area contributed by atoms with Crippen molar-refractivity contribution in [3.63, 3.8) is 0 Å². The molecule has 0 saturated heterocycles. The number of hydrogen-bond donors (Lipinski definition) is 1. The number of hydrogen-bond acceptors (Lipinski definition) is 2. The highest BCUT2D eigenvalue weighted by molar-refractivity contribution is 5.66. The van der Waals surface area contributed by atoms with Crippen molar-refractivity contribution >= 4 is 5.97 Å². The Balaban J connectivity index is 4.04. The van der Waals surface area contributed by atoms with Gasteiger partial charge in [0.05, 0.1) is 0 Å². The maximum absolute atomic E-state index is 10.7. The first-order valence-corrected chi connectivity index (χ1v) is 13.6. The topological polar surface area (TPSA) is 40.5 Å². The first kappa shape index (κ1) is 29.4. The van der Waals surface area contributed by atoms with E-state index in [2.05, 4.69) is 25.7 Å². The largest absolute Gasteiger partial charge is 0.481 e. The summed E-state index contributed by atoms with van der Waals surface area (Å²) in [5, 5.41) is 8.85. The van der Waals surface area contributed by atoms with Crippen molar-refractivity contribution in [3.05, 3.63) is 0 Å². The molecule has 0 aliphatic carbocycles. The van der Waals surface area contributed by atoms with Crippen molar-refractivity contribution in [1.29, 1.82) is 0 Å². The number of carboxylic acid groups (broad SMARTS) is 1. The van der Waals surface area contributed by atoms with Crippen LogP contribution in [0.3, 0.4) is 0 Å². The average Bonchev–Trinajstić information content (AvgIpc) is 2.73. The Kier molecular flexibility index (Phi) is 22.7. The van der Waals surface area contributed by atoms with Crippen LogP contribution in [0, 0.1) is 0 Å². The standard InChI is InChI=1S/C27H55NO2/c1-4-6-8-10-12-14-16-20-24-28(26(3)22-18-19-23-27(29)30)25-21-17-15-13-11-9-7-5-2/h26H,4-25H2,1-3H3,(H,29,30). The first-order valence-electron chi connectivity index (χ1n) is 13.6. The van der Waals surface area contributed by atoms with Crippen LogP contribution in [-0.2, 0) is 4.79 Å². The number of unbranched alkanes of at least 4 members (excludes halogenated alkanes) is 15. The van der Waals surface area contributed by atoms with Gasteiger partial charge in [-0.2, -0.15) is 0 Å². The van der Waals surface area contributed by atoms with Crippen LogP contribution in [0.25, 0.3) is 0 Å². The van der Waals surface area contributed by atoms with E-state index in [4.69, 9.17) is 5.11 Å². The zero-order valence-electron chi connectivity index (χ0n) is 20.9. The van der Waals surface area contributed by atoms with Crippen LogP contribution in [0.1, 0.15) is 149 Å². The highest BCUT2D eigenvalue weighted by atomic mass is 16.4. The normalized spacial score (nSPS) is 12.5. The lowest BCUT2D eigenvalue weighted by atomic mass is 10.0. The minimum atomic E-state index is -0.655. The molecule has 0 bridgehead atoms. The Morgan fingerprint density at radius 1 is 0.633 bits per heavy atom. The molecule has 0 spiro atoms. The summed E-state index contributed by atoms with van der Waals surface area (Å²) in [5.74, 6) is -0.655. The van der Waals surface area contributed by atoms with E-state index < -0.39 is 5.97 Å². The molecule has 0 aromatic heterocycles. The minimum Gasteiger partial charge on any atom is -0.481 e. The van der Waals surface area contributed by atoms with Crippen molar-refractivity contribution in [2.24, 2.45) is 0 Å². The Labute approximate surface area is 189 Å². The Morgan fingerprint density at radius 3 is 1.43 bits per heavy atom. The molecule has 0 aromatic carbocycles. The van der Waals surface area contributed by atoms with Crippen LogP contribution in [-0.4, -0.2) is 35.1 Å². The van der Waals surface area contributed by atoms with Gasteiger partial charge in [0.15, 0.2) is 0 Å². The van der Waals surface area contributed by atoms with Gasteiger partial charge in [-0.15, -0.1) is 0 Å². The van der Waals surface area contributed by atoms with Gasteiger partial charge in [0.2, 0.25) is 0 Å². The summed E-state index contributed by atoms with van der Waals surface area (Å²) in [6.45, 7) is 9.38. The predicted octanol–water partition coefficient (Wildman–Crippen LogP) is 8.60. The highest BCUT2D eigenvalue weighted by Gasteiger charge is 2.13. The third-order valence-corrected chi connectivity index (χ3v) is 6.48. The summed E-state index contributed by atoms with van der Waals surface area (Å²) < 4.78 is 0. The van der Waals surface area contributed by atoms with E-state index in [0.29, 0.717) is 12.5 Å². The molecule has 0 heterocycles. The summed E-state index contributed by atoms with van der Waals surface area (Å²) in [6.07, 6.45) is 25.4. The zero-order chi connectivity index (χ0) is 22.3. The molecule has 0 aliphatic heterocycles. The van der Waals surface area contributed by atoms with Crippen LogP contribution in [0.15, 0.2) is 0 Å². The van der Waals surface area contributed by atoms with Crippen LogP contribution >= 0.6 is 0 Å². The molecule has 3 heteroatoms. The summed E-state index contributed by atoms with van der Waals surface area (Å²) in [7, 11) is 0. The molecule has 0 fully saturated rings. The summed E-state index contributed by atoms with van der Waals surface area (Å²) in [4.78, 5) is 13.4. The molecule has 0 rings (SSSR count). The van der Waals surface area contributed by atoms with Gasteiger partial charge in [0.1, 0.15) is 0 Å². The quantitative estimate of drug-likeness (QED) is 0.157. The van der Waals surface area contributed by atoms with Gasteiger partial charge in [-0.25, -0.2) is 0 Å². The molecule has 1 unspecified atom stereocenters. The smallest absolute Gasteiger partial charge is 0.303 e. The Hall–Kier alpha value is -0.570. The monoisotopic (exact) mass is 425 g/mol. The van der Waals surface area contributed by atoms with E-state index >= 15 is 0 Å². The van der Waals surface area contributed by atoms with E-state index in [1.165, 1.54) is 116 Å². The molecule has 3 nitrogen and oxygen atoms in total. The number of aliphatic carboxylic acids is 1. The Bertz CT molecular complexity index is 339. The number of rotatable bonds is 24. The first-order chi connectivity index (χ1) is 14.6. The Morgan fingerprint density at radius 2 is 1.03 bits per heavy atom. The van der Waals surface area contributed by atoms with Crippen molar-refractivity contribution in [2.45, 2.75) is 155 Å². The third-order valence-electron chi connectivity index (χ3n) is 6.48. The molecule has 1 N–H and O–H groups in total. The maximum Gasteiger partial charge on any atom is 0.303 e. The minimum absolute atomic E-state index is 0.322. The SMILES string of the molecule is CCCCCCCCCCN(CCCCCCCCCC)C(C)CCCCC(=O)O. The molecular weight excluding hydrogens is 370 g/mol. The fraction of sp³-hybridized carbons (Fsp3) is 0.963. The van der Waals surface area contributed by atoms with E-state index in [0.717, 1.165) is 19.3 Å². The summed E-state index contributed by atoms with van der Waals surface area (Å²) in [6, 6.07) is 0.591. The van der Waals surface area contributed by atoms with Crippen molar-refractivity contribution < 1.29 is 9.90 Å². The summed E-state index contributed by atoms with van der Waals surface area (Å²) in [5.41, 5.74) is 0. The molecule has 0 saturated carbocycles. The second-order valence-electron chi connectivity index (χ2n) is 9.47. The lowest BCUT2D eigenvalue weighted by Gasteiger charge is -2.29. The van der Waals surface area contributed by atoms with Crippen LogP contribution in [0.2, 0.25) is 0 Å².